The van der Waals surface area contributed by atoms with E-state index in [1.807, 2.05) is 6.07 Å². The van der Waals surface area contributed by atoms with Gasteiger partial charge >= 0.3 is 0 Å². The Kier molecular flexibility index (Phi) is 3.75. The van der Waals surface area contributed by atoms with Gasteiger partial charge in [-0.15, -0.1) is 0 Å². The van der Waals surface area contributed by atoms with E-state index in [4.69, 9.17) is 10.9 Å². The third kappa shape index (κ3) is 2.94. The van der Waals surface area contributed by atoms with Crippen molar-refractivity contribution in [1.82, 2.24) is 0 Å². The van der Waals surface area contributed by atoms with Crippen LogP contribution in [0.4, 0.5) is 5.69 Å². The molecule has 0 unspecified atom stereocenters. The molecule has 98 valence electrons. The van der Waals surface area contributed by atoms with E-state index in [0.29, 0.717) is 12.3 Å². The summed E-state index contributed by atoms with van der Waals surface area (Å²) in [5, 5.41) is 11.8. The first-order chi connectivity index (χ1) is 8.69. The summed E-state index contributed by atoms with van der Waals surface area (Å²) in [5.74, 6) is 0.344. The molecule has 0 radical (unpaired) electrons. The summed E-state index contributed by atoms with van der Waals surface area (Å²) >= 11 is 0. The van der Waals surface area contributed by atoms with Gasteiger partial charge in [-0.25, -0.2) is 0 Å². The molecule has 0 aliphatic heterocycles. The monoisotopic (exact) mass is 247 g/mol. The summed E-state index contributed by atoms with van der Waals surface area (Å²) in [6.07, 6.45) is 3.01. The van der Waals surface area contributed by atoms with Crippen molar-refractivity contribution < 1.29 is 5.21 Å². The van der Waals surface area contributed by atoms with Crippen molar-refractivity contribution in [2.24, 2.45) is 16.3 Å². The summed E-state index contributed by atoms with van der Waals surface area (Å²) in [7, 11) is 0. The van der Waals surface area contributed by atoms with Gasteiger partial charge in [0.2, 0.25) is 0 Å². The molecule has 1 fully saturated rings. The molecule has 1 aromatic carbocycles. The van der Waals surface area contributed by atoms with Gasteiger partial charge in [0, 0.05) is 25.2 Å². The lowest BCUT2D eigenvalue weighted by molar-refractivity contribution is 0.314. The van der Waals surface area contributed by atoms with Gasteiger partial charge in [0.15, 0.2) is 0 Å². The molecule has 0 spiro atoms. The normalized spacial score (nSPS) is 17.5. The zero-order valence-corrected chi connectivity index (χ0v) is 10.8. The quantitative estimate of drug-likeness (QED) is 0.351. The highest BCUT2D eigenvalue weighted by atomic mass is 16.4. The minimum atomic E-state index is 0.210. The third-order valence-electron chi connectivity index (χ3n) is 3.67. The number of nitrogens with zero attached hydrogens (tertiary/aromatic N) is 2. The van der Waals surface area contributed by atoms with Gasteiger partial charge in [-0.3, -0.25) is 0 Å². The lowest BCUT2D eigenvalue weighted by Crippen LogP contribution is -2.32. The van der Waals surface area contributed by atoms with Crippen LogP contribution in [0, 0.1) is 5.41 Å². The van der Waals surface area contributed by atoms with Crippen LogP contribution in [-0.2, 0) is 0 Å². The van der Waals surface area contributed by atoms with Crippen molar-refractivity contribution in [3.63, 3.8) is 0 Å². The summed E-state index contributed by atoms with van der Waals surface area (Å²) in [4.78, 5) is 2.36. The standard InChI is InChI=1S/C14H21N3O/c1-2-17(12-6-4-3-5-7-12)11-14(8-9-14)10-13(15)16-18/h3-7,18H,2,8-11H2,1H3,(H2,15,16). The molecule has 2 rings (SSSR count). The molecule has 0 aromatic heterocycles. The zero-order chi connectivity index (χ0) is 13.0. The number of oxime groups is 1. The molecule has 1 aromatic rings. The highest BCUT2D eigenvalue weighted by Gasteiger charge is 2.44. The van der Waals surface area contributed by atoms with E-state index < -0.39 is 0 Å². The highest BCUT2D eigenvalue weighted by molar-refractivity contribution is 5.80. The predicted octanol–water partition coefficient (Wildman–Crippen LogP) is 2.43. The van der Waals surface area contributed by atoms with Crippen LogP contribution in [0.1, 0.15) is 26.2 Å². The van der Waals surface area contributed by atoms with Gasteiger partial charge in [-0.2, -0.15) is 0 Å². The van der Waals surface area contributed by atoms with Crippen LogP contribution in [0.5, 0.6) is 0 Å². The van der Waals surface area contributed by atoms with Crippen LogP contribution < -0.4 is 10.6 Å². The van der Waals surface area contributed by atoms with E-state index in [0.717, 1.165) is 25.9 Å². The molecule has 1 aliphatic carbocycles. The Labute approximate surface area is 108 Å². The Balaban J connectivity index is 2.03. The minimum absolute atomic E-state index is 0.210. The fourth-order valence-corrected chi connectivity index (χ4v) is 2.42. The van der Waals surface area contributed by atoms with Crippen molar-refractivity contribution in [2.75, 3.05) is 18.0 Å². The molecule has 18 heavy (non-hydrogen) atoms. The number of amidine groups is 1. The Morgan fingerprint density at radius 2 is 2.06 bits per heavy atom. The lowest BCUT2D eigenvalue weighted by atomic mass is 10.0. The molecule has 1 aliphatic rings. The smallest absolute Gasteiger partial charge is 0.139 e. The third-order valence-corrected chi connectivity index (χ3v) is 3.67. The second-order valence-electron chi connectivity index (χ2n) is 5.12. The van der Waals surface area contributed by atoms with Gasteiger partial charge in [0.25, 0.3) is 0 Å². The zero-order valence-electron chi connectivity index (χ0n) is 10.8. The molecule has 4 nitrogen and oxygen atoms in total. The second-order valence-corrected chi connectivity index (χ2v) is 5.12. The van der Waals surface area contributed by atoms with E-state index in [1.165, 1.54) is 5.69 Å². The SMILES string of the molecule is CCN(CC1(CC(N)=NO)CC1)c1ccccc1. The minimum Gasteiger partial charge on any atom is -0.409 e. The molecule has 0 atom stereocenters. The Morgan fingerprint density at radius 3 is 2.56 bits per heavy atom. The van der Waals surface area contributed by atoms with Crippen LogP contribution >= 0.6 is 0 Å². The molecule has 0 bridgehead atoms. The van der Waals surface area contributed by atoms with Crippen molar-refractivity contribution in [2.45, 2.75) is 26.2 Å². The average molecular weight is 247 g/mol. The Hall–Kier alpha value is -1.71. The highest BCUT2D eigenvalue weighted by Crippen LogP contribution is 2.49. The number of anilines is 1. The predicted molar refractivity (Wildman–Crippen MR) is 74.0 cm³/mol. The van der Waals surface area contributed by atoms with E-state index >= 15 is 0 Å². The summed E-state index contributed by atoms with van der Waals surface area (Å²) < 4.78 is 0. The second kappa shape index (κ2) is 5.29. The van der Waals surface area contributed by atoms with Gasteiger partial charge < -0.3 is 15.8 Å². The summed E-state index contributed by atoms with van der Waals surface area (Å²) in [6, 6.07) is 10.4. The van der Waals surface area contributed by atoms with Crippen LogP contribution in [0.3, 0.4) is 0 Å². The number of rotatable bonds is 6. The number of hydrogen-bond donors (Lipinski definition) is 2. The van der Waals surface area contributed by atoms with E-state index in [9.17, 15) is 0 Å². The van der Waals surface area contributed by atoms with Crippen molar-refractivity contribution in [3.8, 4) is 0 Å². The molecule has 0 amide bonds. The summed E-state index contributed by atoms with van der Waals surface area (Å²) in [5.41, 5.74) is 7.09. The Morgan fingerprint density at radius 1 is 1.39 bits per heavy atom. The van der Waals surface area contributed by atoms with Gasteiger partial charge in [-0.05, 0) is 37.3 Å². The maximum atomic E-state index is 8.68. The number of hydrogen-bond acceptors (Lipinski definition) is 3. The van der Waals surface area contributed by atoms with Crippen molar-refractivity contribution in [1.29, 1.82) is 0 Å². The number of para-hydroxylation sites is 1. The fraction of sp³-hybridized carbons (Fsp3) is 0.500. The van der Waals surface area contributed by atoms with Crippen LogP contribution in [0.2, 0.25) is 0 Å². The topological polar surface area (TPSA) is 61.8 Å². The lowest BCUT2D eigenvalue weighted by Gasteiger charge is -2.28. The molecular formula is C14H21N3O. The largest absolute Gasteiger partial charge is 0.409 e. The number of benzene rings is 1. The molecular weight excluding hydrogens is 226 g/mol. The number of nitrogens with two attached hydrogens (primary N) is 1. The molecule has 1 saturated carbocycles. The first-order valence-corrected chi connectivity index (χ1v) is 6.45. The fourth-order valence-electron chi connectivity index (χ4n) is 2.42. The van der Waals surface area contributed by atoms with Gasteiger partial charge in [0.1, 0.15) is 5.84 Å². The average Bonchev–Trinajstić information content (AvgIpc) is 3.16. The summed E-state index contributed by atoms with van der Waals surface area (Å²) in [6.45, 7) is 4.11. The van der Waals surface area contributed by atoms with Gasteiger partial charge in [-0.1, -0.05) is 23.4 Å². The maximum Gasteiger partial charge on any atom is 0.139 e. The Bertz CT molecular complexity index is 412. The van der Waals surface area contributed by atoms with Gasteiger partial charge in [0.05, 0.1) is 0 Å². The van der Waals surface area contributed by atoms with E-state index in [2.05, 4.69) is 41.2 Å². The van der Waals surface area contributed by atoms with E-state index in [1.54, 1.807) is 0 Å². The molecule has 4 heteroatoms. The van der Waals surface area contributed by atoms with Crippen molar-refractivity contribution >= 4 is 11.5 Å². The van der Waals surface area contributed by atoms with Crippen LogP contribution in [-0.4, -0.2) is 24.1 Å². The van der Waals surface area contributed by atoms with Crippen LogP contribution in [0.25, 0.3) is 0 Å². The molecule has 0 saturated heterocycles. The molecule has 3 N–H and O–H groups in total. The van der Waals surface area contributed by atoms with E-state index in [-0.39, 0.29) is 5.41 Å². The first-order valence-electron chi connectivity index (χ1n) is 6.45. The first kappa shape index (κ1) is 12.7. The van der Waals surface area contributed by atoms with Crippen LogP contribution in [0.15, 0.2) is 35.5 Å². The van der Waals surface area contributed by atoms with Crippen molar-refractivity contribution in [3.05, 3.63) is 30.3 Å². The maximum absolute atomic E-state index is 8.68. The molecule has 0 heterocycles.